The zero-order valence-electron chi connectivity index (χ0n) is 10.5. The van der Waals surface area contributed by atoms with Crippen LogP contribution in [0.25, 0.3) is 12.2 Å². The third kappa shape index (κ3) is 5.56. The third-order valence-corrected chi connectivity index (χ3v) is 6.45. The van der Waals surface area contributed by atoms with Gasteiger partial charge in [-0.15, -0.1) is 4.13 Å². The van der Waals surface area contributed by atoms with E-state index in [0.717, 1.165) is 10.8 Å². The lowest BCUT2D eigenvalue weighted by Crippen LogP contribution is -2.26. The number of hydrogen-bond donors (Lipinski definition) is 1. The molecule has 0 aliphatic heterocycles. The minimum Gasteiger partial charge on any atom is -0.207 e. The van der Waals surface area contributed by atoms with Crippen LogP contribution in [0.2, 0.25) is 0 Å². The second-order valence-electron chi connectivity index (χ2n) is 3.89. The molecule has 21 heavy (non-hydrogen) atoms. The van der Waals surface area contributed by atoms with Crippen LogP contribution < -0.4 is 4.13 Å². The summed E-state index contributed by atoms with van der Waals surface area (Å²) in [6.45, 7) is 0. The Kier molecular flexibility index (Phi) is 5.12. The van der Waals surface area contributed by atoms with Crippen LogP contribution >= 0.6 is 22.7 Å². The van der Waals surface area contributed by atoms with E-state index >= 15 is 0 Å². The highest BCUT2D eigenvalue weighted by molar-refractivity contribution is 8.07. The van der Waals surface area contributed by atoms with Gasteiger partial charge in [-0.05, 0) is 56.9 Å². The van der Waals surface area contributed by atoms with Crippen molar-refractivity contribution in [1.82, 2.24) is 4.13 Å². The summed E-state index contributed by atoms with van der Waals surface area (Å²) in [5.41, 5.74) is 1.38. The molecule has 0 spiro atoms. The Morgan fingerprint density at radius 3 is 1.57 bits per heavy atom. The molecule has 112 valence electrons. The van der Waals surface area contributed by atoms with Gasteiger partial charge >= 0.3 is 0 Å². The summed E-state index contributed by atoms with van der Waals surface area (Å²) in [5, 5.41) is 8.73. The van der Waals surface area contributed by atoms with Crippen LogP contribution in [0.15, 0.2) is 44.5 Å². The predicted molar refractivity (Wildman–Crippen MR) is 87.7 cm³/mol. The second-order valence-corrected chi connectivity index (χ2v) is 8.84. The molecule has 0 amide bonds. The average molecular weight is 361 g/mol. The summed E-state index contributed by atoms with van der Waals surface area (Å²) >= 11 is 2.83. The van der Waals surface area contributed by atoms with Crippen LogP contribution in [-0.4, -0.2) is 16.8 Å². The molecule has 1 N–H and O–H groups in total. The third-order valence-electron chi connectivity index (χ3n) is 2.20. The van der Waals surface area contributed by atoms with Crippen molar-refractivity contribution in [3.63, 3.8) is 0 Å². The topological polar surface area (TPSA) is 80.3 Å². The molecule has 0 saturated carbocycles. The zero-order valence-corrected chi connectivity index (χ0v) is 13.8. The fourth-order valence-electron chi connectivity index (χ4n) is 1.29. The van der Waals surface area contributed by atoms with Crippen molar-refractivity contribution in [2.24, 2.45) is 0 Å². The Morgan fingerprint density at radius 1 is 0.810 bits per heavy atom. The van der Waals surface area contributed by atoms with E-state index in [1.54, 1.807) is 37.8 Å². The minimum atomic E-state index is -4.07. The summed E-state index contributed by atoms with van der Waals surface area (Å²) in [5.74, 6) is 0. The van der Waals surface area contributed by atoms with Gasteiger partial charge in [0.1, 0.15) is 0 Å². The van der Waals surface area contributed by atoms with Gasteiger partial charge in [-0.3, -0.25) is 0 Å². The number of nitrogens with one attached hydrogen (secondary N) is 1. The molecule has 0 aromatic carbocycles. The van der Waals surface area contributed by atoms with Gasteiger partial charge in [-0.1, -0.05) is 0 Å². The van der Waals surface area contributed by atoms with Crippen LogP contribution in [-0.2, 0) is 20.0 Å². The SMILES string of the molecule is O=S(=O)(/C=C/c1ccsc1)NS(=O)(=O)/C=C/c1ccsc1. The molecule has 0 radical (unpaired) electrons. The van der Waals surface area contributed by atoms with Crippen LogP contribution in [0.1, 0.15) is 11.1 Å². The Labute approximate surface area is 131 Å². The monoisotopic (exact) mass is 361 g/mol. The molecular weight excluding hydrogens is 350 g/mol. The summed E-state index contributed by atoms with van der Waals surface area (Å²) in [7, 11) is -8.14. The summed E-state index contributed by atoms with van der Waals surface area (Å²) in [6.07, 6.45) is 2.66. The Hall–Kier alpha value is -1.26. The highest BCUT2D eigenvalue weighted by Gasteiger charge is 2.15. The molecule has 0 aliphatic carbocycles. The van der Waals surface area contributed by atoms with Gasteiger partial charge in [0, 0.05) is 10.8 Å². The molecule has 2 aromatic rings. The van der Waals surface area contributed by atoms with E-state index in [1.807, 2.05) is 0 Å². The molecule has 0 saturated heterocycles. The summed E-state index contributed by atoms with van der Waals surface area (Å²) < 4.78 is 48.4. The lowest BCUT2D eigenvalue weighted by atomic mass is 10.3. The first-order valence-electron chi connectivity index (χ1n) is 5.55. The predicted octanol–water partition coefficient (Wildman–Crippen LogP) is 2.70. The summed E-state index contributed by atoms with van der Waals surface area (Å²) in [4.78, 5) is 0. The number of rotatable bonds is 6. The summed E-state index contributed by atoms with van der Waals surface area (Å²) in [6, 6.07) is 3.45. The van der Waals surface area contributed by atoms with E-state index in [-0.39, 0.29) is 0 Å². The highest BCUT2D eigenvalue weighted by Crippen LogP contribution is 2.10. The van der Waals surface area contributed by atoms with Crippen molar-refractivity contribution in [1.29, 1.82) is 0 Å². The highest BCUT2D eigenvalue weighted by atomic mass is 32.3. The number of hydrogen-bond acceptors (Lipinski definition) is 6. The van der Waals surface area contributed by atoms with Gasteiger partial charge < -0.3 is 0 Å². The normalized spacial score (nSPS) is 13.3. The zero-order chi connectivity index (χ0) is 15.3. The van der Waals surface area contributed by atoms with Crippen molar-refractivity contribution in [2.45, 2.75) is 0 Å². The number of sulfonamides is 2. The molecule has 0 bridgehead atoms. The minimum absolute atomic E-state index is 0.691. The molecule has 0 fully saturated rings. The lowest BCUT2D eigenvalue weighted by molar-refractivity contribution is 0.587. The van der Waals surface area contributed by atoms with Crippen molar-refractivity contribution in [3.05, 3.63) is 55.6 Å². The molecule has 2 aromatic heterocycles. The fraction of sp³-hybridized carbons (Fsp3) is 0. The van der Waals surface area contributed by atoms with Gasteiger partial charge in [0.2, 0.25) is 20.0 Å². The standard InChI is InChI=1S/C12H11NO4S4/c14-20(15,7-3-11-1-5-18-9-11)13-21(16,17)8-4-12-2-6-19-10-12/h1-10,13H/b7-3+,8-4+. The van der Waals surface area contributed by atoms with Crippen LogP contribution in [0.5, 0.6) is 0 Å². The van der Waals surface area contributed by atoms with Crippen molar-refractivity contribution in [2.75, 3.05) is 0 Å². The first kappa shape index (κ1) is 16.1. The van der Waals surface area contributed by atoms with E-state index in [9.17, 15) is 16.8 Å². The van der Waals surface area contributed by atoms with Crippen LogP contribution in [0.3, 0.4) is 0 Å². The second kappa shape index (κ2) is 6.67. The maximum atomic E-state index is 11.7. The van der Waals surface area contributed by atoms with E-state index in [0.29, 0.717) is 11.1 Å². The molecule has 0 atom stereocenters. The van der Waals surface area contributed by atoms with Gasteiger partial charge in [0.25, 0.3) is 0 Å². The molecular formula is C12H11NO4S4. The molecule has 0 unspecified atom stereocenters. The largest absolute Gasteiger partial charge is 0.246 e. The van der Waals surface area contributed by atoms with Crippen LogP contribution in [0, 0.1) is 0 Å². The van der Waals surface area contributed by atoms with Crippen molar-refractivity contribution < 1.29 is 16.8 Å². The van der Waals surface area contributed by atoms with Crippen LogP contribution in [0.4, 0.5) is 0 Å². The average Bonchev–Trinajstić information content (AvgIpc) is 3.06. The molecule has 5 nitrogen and oxygen atoms in total. The Bertz CT molecular complexity index is 757. The van der Waals surface area contributed by atoms with E-state index in [1.165, 1.54) is 34.8 Å². The van der Waals surface area contributed by atoms with E-state index in [2.05, 4.69) is 0 Å². The smallest absolute Gasteiger partial charge is 0.207 e. The Morgan fingerprint density at radius 2 is 1.24 bits per heavy atom. The first-order chi connectivity index (χ1) is 9.86. The quantitative estimate of drug-likeness (QED) is 0.858. The first-order valence-corrected chi connectivity index (χ1v) is 10.5. The van der Waals surface area contributed by atoms with Gasteiger partial charge in [-0.25, -0.2) is 16.8 Å². The van der Waals surface area contributed by atoms with Gasteiger partial charge in [0.05, 0.1) is 0 Å². The van der Waals surface area contributed by atoms with Gasteiger partial charge in [-0.2, -0.15) is 22.7 Å². The van der Waals surface area contributed by atoms with E-state index < -0.39 is 20.0 Å². The fourth-order valence-corrected chi connectivity index (χ4v) is 4.96. The molecule has 2 rings (SSSR count). The Balaban J connectivity index is 2.08. The molecule has 2 heterocycles. The maximum absolute atomic E-state index is 11.7. The molecule has 9 heteroatoms. The molecule has 0 aliphatic rings. The maximum Gasteiger partial charge on any atom is 0.246 e. The lowest BCUT2D eigenvalue weighted by Gasteiger charge is -1.99. The van der Waals surface area contributed by atoms with Crippen molar-refractivity contribution >= 4 is 54.9 Å². The van der Waals surface area contributed by atoms with Crippen molar-refractivity contribution in [3.8, 4) is 0 Å². The van der Waals surface area contributed by atoms with Gasteiger partial charge in [0.15, 0.2) is 0 Å². The number of thiophene rings is 2. The van der Waals surface area contributed by atoms with E-state index in [4.69, 9.17) is 0 Å².